The van der Waals surface area contributed by atoms with Gasteiger partial charge in [0.2, 0.25) is 0 Å². The van der Waals surface area contributed by atoms with Crippen molar-refractivity contribution >= 4 is 23.6 Å². The molecule has 0 saturated carbocycles. The molecule has 0 aliphatic rings. The molecular formula is C11H15N3OS. The van der Waals surface area contributed by atoms with E-state index in [2.05, 4.69) is 16.9 Å². The maximum Gasteiger partial charge on any atom is 0.323 e. The molecular weight excluding hydrogens is 222 g/mol. The molecule has 0 radical (unpaired) electrons. The minimum Gasteiger partial charge on any atom is -0.324 e. The molecule has 0 bridgehead atoms. The molecule has 0 fully saturated rings. The Hall–Kier alpha value is -1.49. The van der Waals surface area contributed by atoms with Crippen LogP contribution in [0.3, 0.4) is 0 Å². The van der Waals surface area contributed by atoms with Gasteiger partial charge >= 0.3 is 6.03 Å². The van der Waals surface area contributed by atoms with Crippen molar-refractivity contribution in [3.05, 3.63) is 31.0 Å². The third kappa shape index (κ3) is 3.58. The summed E-state index contributed by atoms with van der Waals surface area (Å²) in [4.78, 5) is 18.3. The van der Waals surface area contributed by atoms with Gasteiger partial charge in [0.05, 0.1) is 0 Å². The molecule has 1 aromatic rings. The van der Waals surface area contributed by atoms with E-state index in [0.29, 0.717) is 12.4 Å². The fourth-order valence-corrected chi connectivity index (χ4v) is 1.42. The van der Waals surface area contributed by atoms with E-state index in [1.54, 1.807) is 37.1 Å². The molecule has 0 aliphatic heterocycles. The average molecular weight is 237 g/mol. The Balaban J connectivity index is 2.58. The van der Waals surface area contributed by atoms with Gasteiger partial charge in [0.25, 0.3) is 0 Å². The predicted octanol–water partition coefficient (Wildman–Crippen LogP) is 2.45. The van der Waals surface area contributed by atoms with E-state index in [1.165, 1.54) is 4.90 Å². The molecule has 1 aromatic heterocycles. The average Bonchev–Trinajstić information content (AvgIpc) is 2.30. The van der Waals surface area contributed by atoms with Crippen LogP contribution in [-0.4, -0.2) is 35.8 Å². The lowest BCUT2D eigenvalue weighted by molar-refractivity contribution is 0.226. The van der Waals surface area contributed by atoms with Crippen molar-refractivity contribution in [1.29, 1.82) is 0 Å². The summed E-state index contributed by atoms with van der Waals surface area (Å²) in [5.74, 6) is 0.554. The Morgan fingerprint density at radius 3 is 2.94 bits per heavy atom. The van der Waals surface area contributed by atoms with Crippen molar-refractivity contribution in [1.82, 2.24) is 9.88 Å². The van der Waals surface area contributed by atoms with Crippen LogP contribution in [-0.2, 0) is 0 Å². The third-order valence-corrected chi connectivity index (χ3v) is 2.67. The summed E-state index contributed by atoms with van der Waals surface area (Å²) >= 11 is 1.61. The summed E-state index contributed by atoms with van der Waals surface area (Å²) in [6, 6.07) is 3.51. The van der Waals surface area contributed by atoms with Gasteiger partial charge in [-0.2, -0.15) is 0 Å². The van der Waals surface area contributed by atoms with Gasteiger partial charge < -0.3 is 4.90 Å². The van der Waals surface area contributed by atoms with Gasteiger partial charge in [-0.15, -0.1) is 18.3 Å². The van der Waals surface area contributed by atoms with Gasteiger partial charge in [-0.3, -0.25) is 5.32 Å². The summed E-state index contributed by atoms with van der Waals surface area (Å²) in [7, 11) is 1.70. The van der Waals surface area contributed by atoms with Gasteiger partial charge in [-0.1, -0.05) is 6.08 Å². The monoisotopic (exact) mass is 237 g/mol. The SMILES string of the molecule is C=CCN(C)C(=O)Nc1ccc(SC)cn1. The van der Waals surface area contributed by atoms with E-state index in [4.69, 9.17) is 0 Å². The van der Waals surface area contributed by atoms with Crippen LogP contribution in [0.2, 0.25) is 0 Å². The van der Waals surface area contributed by atoms with Crippen LogP contribution in [0.1, 0.15) is 0 Å². The number of pyridine rings is 1. The van der Waals surface area contributed by atoms with Crippen LogP contribution >= 0.6 is 11.8 Å². The molecule has 0 atom stereocenters. The minimum atomic E-state index is -0.190. The number of nitrogens with one attached hydrogen (secondary N) is 1. The molecule has 0 aliphatic carbocycles. The number of thioether (sulfide) groups is 1. The van der Waals surface area contributed by atoms with Crippen LogP contribution in [0.5, 0.6) is 0 Å². The minimum absolute atomic E-state index is 0.190. The molecule has 1 heterocycles. The van der Waals surface area contributed by atoms with Crippen molar-refractivity contribution < 1.29 is 4.79 Å². The number of carbonyl (C=O) groups excluding carboxylic acids is 1. The van der Waals surface area contributed by atoms with E-state index < -0.39 is 0 Å². The number of hydrogen-bond acceptors (Lipinski definition) is 3. The van der Waals surface area contributed by atoms with Crippen LogP contribution in [0, 0.1) is 0 Å². The quantitative estimate of drug-likeness (QED) is 0.646. The van der Waals surface area contributed by atoms with Crippen molar-refractivity contribution in [3.63, 3.8) is 0 Å². The lowest BCUT2D eigenvalue weighted by atomic mass is 10.4. The van der Waals surface area contributed by atoms with Crippen LogP contribution in [0.4, 0.5) is 10.6 Å². The lowest BCUT2D eigenvalue weighted by Crippen LogP contribution is -2.31. The second-order valence-electron chi connectivity index (χ2n) is 3.18. The maximum atomic E-state index is 11.6. The Morgan fingerprint density at radius 2 is 2.44 bits per heavy atom. The number of aromatic nitrogens is 1. The second kappa shape index (κ2) is 6.17. The van der Waals surface area contributed by atoms with Crippen molar-refractivity contribution in [2.24, 2.45) is 0 Å². The molecule has 0 unspecified atom stereocenters. The van der Waals surface area contributed by atoms with Crippen molar-refractivity contribution in [3.8, 4) is 0 Å². The van der Waals surface area contributed by atoms with Gasteiger partial charge in [0.1, 0.15) is 5.82 Å². The third-order valence-electron chi connectivity index (χ3n) is 1.96. The number of likely N-dealkylation sites (N-methyl/N-ethyl adjacent to an activating group) is 1. The van der Waals surface area contributed by atoms with E-state index in [9.17, 15) is 4.79 Å². The van der Waals surface area contributed by atoms with Crippen molar-refractivity contribution in [2.75, 3.05) is 25.2 Å². The first-order valence-corrected chi connectivity index (χ1v) is 6.03. The molecule has 0 spiro atoms. The Kier molecular flexibility index (Phi) is 4.85. The lowest BCUT2D eigenvalue weighted by Gasteiger charge is -2.15. The molecule has 1 rings (SSSR count). The van der Waals surface area contributed by atoms with Gasteiger partial charge in [0.15, 0.2) is 0 Å². The van der Waals surface area contributed by atoms with Crippen LogP contribution < -0.4 is 5.32 Å². The molecule has 0 saturated heterocycles. The number of amides is 2. The first kappa shape index (κ1) is 12.6. The summed E-state index contributed by atoms with van der Waals surface area (Å²) < 4.78 is 0. The maximum absolute atomic E-state index is 11.6. The Bertz CT molecular complexity index is 364. The van der Waals surface area contributed by atoms with E-state index >= 15 is 0 Å². The standard InChI is InChI=1S/C11H15N3OS/c1-4-7-14(2)11(15)13-10-6-5-9(16-3)8-12-10/h4-6,8H,1,7H2,2-3H3,(H,12,13,15). The normalized spacial score (nSPS) is 9.62. The van der Waals surface area contributed by atoms with E-state index in [0.717, 1.165) is 4.90 Å². The van der Waals surface area contributed by atoms with Gasteiger partial charge in [-0.25, -0.2) is 9.78 Å². The van der Waals surface area contributed by atoms with Gasteiger partial charge in [0, 0.05) is 24.7 Å². The highest BCUT2D eigenvalue weighted by atomic mass is 32.2. The zero-order chi connectivity index (χ0) is 12.0. The Morgan fingerprint density at radius 1 is 1.69 bits per heavy atom. The highest BCUT2D eigenvalue weighted by Gasteiger charge is 2.07. The van der Waals surface area contributed by atoms with E-state index in [1.807, 2.05) is 12.3 Å². The first-order valence-electron chi connectivity index (χ1n) is 4.80. The number of nitrogens with zero attached hydrogens (tertiary/aromatic N) is 2. The molecule has 86 valence electrons. The highest BCUT2D eigenvalue weighted by Crippen LogP contribution is 2.14. The second-order valence-corrected chi connectivity index (χ2v) is 4.06. The number of urea groups is 1. The zero-order valence-electron chi connectivity index (χ0n) is 9.43. The summed E-state index contributed by atoms with van der Waals surface area (Å²) in [6.45, 7) is 4.08. The van der Waals surface area contributed by atoms with Crippen molar-refractivity contribution in [2.45, 2.75) is 4.90 Å². The summed E-state index contributed by atoms with van der Waals surface area (Å²) in [5, 5.41) is 2.70. The smallest absolute Gasteiger partial charge is 0.323 e. The number of carbonyl (C=O) groups is 1. The molecule has 16 heavy (non-hydrogen) atoms. The predicted molar refractivity (Wildman–Crippen MR) is 67.9 cm³/mol. The number of hydrogen-bond donors (Lipinski definition) is 1. The zero-order valence-corrected chi connectivity index (χ0v) is 10.3. The summed E-state index contributed by atoms with van der Waals surface area (Å²) in [6.07, 6.45) is 5.38. The van der Waals surface area contributed by atoms with Crippen LogP contribution in [0.25, 0.3) is 0 Å². The molecule has 5 heteroatoms. The molecule has 0 aromatic carbocycles. The van der Waals surface area contributed by atoms with Gasteiger partial charge in [-0.05, 0) is 18.4 Å². The largest absolute Gasteiger partial charge is 0.324 e. The highest BCUT2D eigenvalue weighted by molar-refractivity contribution is 7.98. The number of anilines is 1. The number of rotatable bonds is 4. The first-order chi connectivity index (χ1) is 7.67. The molecule has 2 amide bonds. The van der Waals surface area contributed by atoms with Crippen LogP contribution in [0.15, 0.2) is 35.9 Å². The topological polar surface area (TPSA) is 45.2 Å². The Labute approximate surface area is 99.7 Å². The summed E-state index contributed by atoms with van der Waals surface area (Å²) in [5.41, 5.74) is 0. The fourth-order valence-electron chi connectivity index (χ4n) is 1.06. The molecule has 1 N–H and O–H groups in total. The molecule has 4 nitrogen and oxygen atoms in total. The fraction of sp³-hybridized carbons (Fsp3) is 0.273. The van der Waals surface area contributed by atoms with E-state index in [-0.39, 0.29) is 6.03 Å².